The molecule has 2 aromatic carbocycles. The van der Waals surface area contributed by atoms with Crippen LogP contribution in [0.2, 0.25) is 5.02 Å². The van der Waals surface area contributed by atoms with Crippen molar-refractivity contribution in [1.29, 1.82) is 0 Å². The Bertz CT molecular complexity index is 1340. The highest BCUT2D eigenvalue weighted by Crippen LogP contribution is 2.33. The van der Waals surface area contributed by atoms with Crippen LogP contribution >= 0.6 is 23.4 Å². The van der Waals surface area contributed by atoms with Crippen LogP contribution in [0.1, 0.15) is 30.0 Å². The van der Waals surface area contributed by atoms with Gasteiger partial charge in [0.1, 0.15) is 5.75 Å². The molecule has 0 saturated carbocycles. The van der Waals surface area contributed by atoms with Gasteiger partial charge in [0, 0.05) is 10.4 Å². The van der Waals surface area contributed by atoms with Crippen LogP contribution in [0, 0.1) is 20.8 Å². The summed E-state index contributed by atoms with van der Waals surface area (Å²) in [6.45, 7) is 8.26. The number of aryl methyl sites for hydroxylation is 3. The second-order valence-corrected chi connectivity index (χ2v) is 9.44. The second-order valence-electron chi connectivity index (χ2n) is 7.83. The number of methoxy groups -OCH3 is 1. The van der Waals surface area contributed by atoms with Crippen molar-refractivity contribution >= 4 is 51.5 Å². The van der Waals surface area contributed by atoms with E-state index in [1.807, 2.05) is 13.0 Å². The summed E-state index contributed by atoms with van der Waals surface area (Å²) in [5.74, 6) is 0.418. The summed E-state index contributed by atoms with van der Waals surface area (Å²) < 4.78 is 7.41. The number of nitrogens with zero attached hydrogens (tertiary/aromatic N) is 3. The summed E-state index contributed by atoms with van der Waals surface area (Å²) in [6.07, 6.45) is 0.621. The summed E-state index contributed by atoms with van der Waals surface area (Å²) in [5, 5.41) is 13.8. The highest BCUT2D eigenvalue weighted by Gasteiger charge is 2.23. The van der Waals surface area contributed by atoms with E-state index in [-0.39, 0.29) is 11.2 Å². The quantitative estimate of drug-likeness (QED) is 0.352. The molecule has 0 aliphatic heterocycles. The van der Waals surface area contributed by atoms with Gasteiger partial charge in [-0.05, 0) is 68.7 Å². The minimum atomic E-state index is -0.367. The standard InChI is InChI=1S/C24H25ClN4O2S/c1-6-20(23(30)26-18-12-16(25)7-8-19(18)31-5)32-24-28-27-21-11-14(3)17-10-13(2)9-15(4)22(17)29(21)24/h7-12,20H,6H2,1-5H3,(H,26,30). The van der Waals surface area contributed by atoms with E-state index >= 15 is 0 Å². The molecule has 4 rings (SSSR count). The highest BCUT2D eigenvalue weighted by atomic mass is 35.5. The number of hydrogen-bond acceptors (Lipinski definition) is 5. The van der Waals surface area contributed by atoms with Crippen molar-refractivity contribution in [3.63, 3.8) is 0 Å². The fraction of sp³-hybridized carbons (Fsp3) is 0.292. The molecule has 32 heavy (non-hydrogen) atoms. The Morgan fingerprint density at radius 1 is 1.16 bits per heavy atom. The van der Waals surface area contributed by atoms with Crippen molar-refractivity contribution < 1.29 is 9.53 Å². The number of rotatable bonds is 6. The zero-order chi connectivity index (χ0) is 23.0. The normalized spacial score (nSPS) is 12.3. The van der Waals surface area contributed by atoms with Gasteiger partial charge in [-0.25, -0.2) is 0 Å². The number of carbonyl (C=O) groups excluding carboxylic acids is 1. The zero-order valence-electron chi connectivity index (χ0n) is 18.7. The van der Waals surface area contributed by atoms with Crippen LogP contribution in [0.4, 0.5) is 5.69 Å². The number of fused-ring (bicyclic) bond motifs is 3. The van der Waals surface area contributed by atoms with Crippen molar-refractivity contribution in [2.75, 3.05) is 12.4 Å². The van der Waals surface area contributed by atoms with E-state index in [1.165, 1.54) is 17.3 Å². The number of benzene rings is 2. The van der Waals surface area contributed by atoms with Gasteiger partial charge in [0.25, 0.3) is 0 Å². The lowest BCUT2D eigenvalue weighted by Crippen LogP contribution is -2.25. The van der Waals surface area contributed by atoms with Gasteiger partial charge in [0.2, 0.25) is 5.91 Å². The molecule has 0 bridgehead atoms. The number of pyridine rings is 1. The molecule has 0 radical (unpaired) electrons. The third-order valence-electron chi connectivity index (χ3n) is 5.43. The van der Waals surface area contributed by atoms with Crippen LogP contribution in [-0.2, 0) is 4.79 Å². The lowest BCUT2D eigenvalue weighted by Gasteiger charge is -2.16. The molecule has 2 aromatic heterocycles. The van der Waals surface area contributed by atoms with Crippen LogP contribution in [-0.4, -0.2) is 32.9 Å². The van der Waals surface area contributed by atoms with Crippen LogP contribution in [0.15, 0.2) is 41.6 Å². The van der Waals surface area contributed by atoms with Crippen molar-refractivity contribution in [2.45, 2.75) is 44.5 Å². The Morgan fingerprint density at radius 2 is 1.94 bits per heavy atom. The minimum absolute atomic E-state index is 0.140. The summed E-state index contributed by atoms with van der Waals surface area (Å²) >= 11 is 7.52. The van der Waals surface area contributed by atoms with Gasteiger partial charge in [0.15, 0.2) is 10.8 Å². The summed E-state index contributed by atoms with van der Waals surface area (Å²) in [7, 11) is 1.56. The van der Waals surface area contributed by atoms with Gasteiger partial charge in [-0.15, -0.1) is 10.2 Å². The van der Waals surface area contributed by atoms with E-state index in [0.29, 0.717) is 28.0 Å². The maximum atomic E-state index is 13.1. The van der Waals surface area contributed by atoms with Crippen molar-refractivity contribution in [2.24, 2.45) is 0 Å². The molecule has 0 aliphatic carbocycles. The average molecular weight is 469 g/mol. The largest absolute Gasteiger partial charge is 0.495 e. The number of halogens is 1. The lowest BCUT2D eigenvalue weighted by molar-refractivity contribution is -0.115. The van der Waals surface area contributed by atoms with Crippen LogP contribution in [0.25, 0.3) is 16.6 Å². The topological polar surface area (TPSA) is 68.5 Å². The highest BCUT2D eigenvalue weighted by molar-refractivity contribution is 8.00. The monoisotopic (exact) mass is 468 g/mol. The van der Waals surface area contributed by atoms with Crippen molar-refractivity contribution in [3.05, 3.63) is 58.1 Å². The summed E-state index contributed by atoms with van der Waals surface area (Å²) in [4.78, 5) is 13.1. The Morgan fingerprint density at radius 3 is 2.66 bits per heavy atom. The maximum absolute atomic E-state index is 13.1. The van der Waals surface area contributed by atoms with Gasteiger partial charge in [0.05, 0.1) is 23.6 Å². The van der Waals surface area contributed by atoms with E-state index in [1.54, 1.807) is 25.3 Å². The molecule has 0 spiro atoms. The molecule has 1 unspecified atom stereocenters. The number of ether oxygens (including phenoxy) is 1. The molecule has 0 fully saturated rings. The molecule has 1 amide bonds. The molecular weight excluding hydrogens is 444 g/mol. The molecule has 0 saturated heterocycles. The molecule has 0 aliphatic rings. The Hall–Kier alpha value is -2.77. The van der Waals surface area contributed by atoms with Gasteiger partial charge < -0.3 is 10.1 Å². The summed E-state index contributed by atoms with van der Waals surface area (Å²) in [5.41, 5.74) is 5.90. The van der Waals surface area contributed by atoms with E-state index in [9.17, 15) is 4.79 Å². The van der Waals surface area contributed by atoms with Gasteiger partial charge in [-0.1, -0.05) is 41.9 Å². The van der Waals surface area contributed by atoms with Crippen molar-refractivity contribution in [1.82, 2.24) is 14.6 Å². The molecule has 8 heteroatoms. The number of thioether (sulfide) groups is 1. The number of anilines is 1. The van der Waals surface area contributed by atoms with Crippen molar-refractivity contribution in [3.8, 4) is 5.75 Å². The fourth-order valence-electron chi connectivity index (χ4n) is 3.93. The minimum Gasteiger partial charge on any atom is -0.495 e. The average Bonchev–Trinajstić information content (AvgIpc) is 3.14. The predicted molar refractivity (Wildman–Crippen MR) is 131 cm³/mol. The first-order valence-corrected chi connectivity index (χ1v) is 11.6. The molecule has 166 valence electrons. The van der Waals surface area contributed by atoms with Gasteiger partial charge >= 0.3 is 0 Å². The van der Waals surface area contributed by atoms with E-state index < -0.39 is 0 Å². The molecule has 6 nitrogen and oxygen atoms in total. The third-order valence-corrected chi connectivity index (χ3v) is 6.97. The number of amides is 1. The predicted octanol–water partition coefficient (Wildman–Crippen LogP) is 5.98. The first-order chi connectivity index (χ1) is 15.3. The SMILES string of the molecule is CCC(Sc1nnc2cc(C)c3cc(C)cc(C)c3n12)C(=O)Nc1cc(Cl)ccc1OC. The Labute approximate surface area is 196 Å². The Balaban J connectivity index is 1.71. The number of nitrogens with one attached hydrogen (secondary N) is 1. The zero-order valence-corrected chi connectivity index (χ0v) is 20.3. The smallest absolute Gasteiger partial charge is 0.238 e. The molecule has 2 heterocycles. The lowest BCUT2D eigenvalue weighted by atomic mass is 10.0. The second kappa shape index (κ2) is 9.00. The van der Waals surface area contributed by atoms with E-state index in [2.05, 4.69) is 52.8 Å². The van der Waals surface area contributed by atoms with Crippen LogP contribution in [0.5, 0.6) is 5.75 Å². The number of hydrogen-bond donors (Lipinski definition) is 1. The Kier molecular flexibility index (Phi) is 6.31. The van der Waals surface area contributed by atoms with Gasteiger partial charge in [-0.3, -0.25) is 9.20 Å². The number of aromatic nitrogens is 3. The van der Waals surface area contributed by atoms with Crippen LogP contribution < -0.4 is 10.1 Å². The van der Waals surface area contributed by atoms with E-state index in [4.69, 9.17) is 16.3 Å². The fourth-order valence-corrected chi connectivity index (χ4v) is 5.07. The molecule has 4 aromatic rings. The van der Waals surface area contributed by atoms with Gasteiger partial charge in [-0.2, -0.15) is 0 Å². The molecule has 1 atom stereocenters. The maximum Gasteiger partial charge on any atom is 0.238 e. The molecular formula is C24H25ClN4O2S. The first kappa shape index (κ1) is 22.4. The summed E-state index contributed by atoms with van der Waals surface area (Å²) in [6, 6.07) is 11.5. The number of carbonyl (C=O) groups is 1. The van der Waals surface area contributed by atoms with Crippen LogP contribution in [0.3, 0.4) is 0 Å². The first-order valence-electron chi connectivity index (χ1n) is 10.4. The molecule has 1 N–H and O–H groups in total. The van der Waals surface area contributed by atoms with E-state index in [0.717, 1.165) is 27.7 Å². The third kappa shape index (κ3) is 4.14.